The van der Waals surface area contributed by atoms with Crippen LogP contribution in [-0.2, 0) is 6.42 Å². The number of aryl methyl sites for hydroxylation is 1. The van der Waals surface area contributed by atoms with E-state index in [1.807, 2.05) is 37.3 Å². The molecule has 0 spiro atoms. The lowest BCUT2D eigenvalue weighted by molar-refractivity contribution is 0.515. The van der Waals surface area contributed by atoms with Crippen LogP contribution >= 0.6 is 15.9 Å². The van der Waals surface area contributed by atoms with E-state index < -0.39 is 11.6 Å². The first kappa shape index (κ1) is 14.1. The molecule has 0 fully saturated rings. The van der Waals surface area contributed by atoms with Gasteiger partial charge >= 0.3 is 0 Å². The molecular formula is C17H12BrF2N. The Morgan fingerprint density at radius 3 is 2.57 bits per heavy atom. The fourth-order valence-corrected chi connectivity index (χ4v) is 2.77. The first-order valence-electron chi connectivity index (χ1n) is 6.54. The van der Waals surface area contributed by atoms with Gasteiger partial charge < -0.3 is 0 Å². The minimum Gasteiger partial charge on any atom is -0.250 e. The van der Waals surface area contributed by atoms with Crippen molar-refractivity contribution in [1.29, 1.82) is 0 Å². The summed E-state index contributed by atoms with van der Waals surface area (Å²) in [6.07, 6.45) is 0.690. The Kier molecular flexibility index (Phi) is 3.72. The van der Waals surface area contributed by atoms with Crippen LogP contribution in [0.2, 0.25) is 0 Å². The van der Waals surface area contributed by atoms with Gasteiger partial charge in [-0.1, -0.05) is 34.1 Å². The van der Waals surface area contributed by atoms with Crippen molar-refractivity contribution in [2.75, 3.05) is 0 Å². The predicted octanol–water partition coefficient (Wildman–Crippen LogP) is 5.17. The van der Waals surface area contributed by atoms with Crippen LogP contribution in [0.15, 0.2) is 46.9 Å². The zero-order valence-electron chi connectivity index (χ0n) is 11.3. The molecule has 0 unspecified atom stereocenters. The van der Waals surface area contributed by atoms with E-state index in [0.29, 0.717) is 17.5 Å². The highest BCUT2D eigenvalue weighted by molar-refractivity contribution is 9.10. The lowest BCUT2D eigenvalue weighted by Gasteiger charge is -2.10. The molecule has 0 bridgehead atoms. The average Bonchev–Trinajstić information content (AvgIpc) is 2.47. The Bertz CT molecular complexity index is 830. The molecule has 1 aromatic heterocycles. The summed E-state index contributed by atoms with van der Waals surface area (Å²) >= 11 is 3.52. The molecule has 1 heterocycles. The normalized spacial score (nSPS) is 11.0. The molecule has 0 amide bonds. The molecule has 0 aliphatic carbocycles. The van der Waals surface area contributed by atoms with Gasteiger partial charge in [-0.05, 0) is 42.3 Å². The minimum absolute atomic E-state index is 0.0865. The highest BCUT2D eigenvalue weighted by atomic mass is 79.9. The minimum atomic E-state index is -0.886. The highest BCUT2D eigenvalue weighted by Gasteiger charge is 2.12. The molecule has 0 aliphatic heterocycles. The average molecular weight is 348 g/mol. The molecule has 4 heteroatoms. The Morgan fingerprint density at radius 1 is 1.05 bits per heavy atom. The Hall–Kier alpha value is -1.81. The van der Waals surface area contributed by atoms with Crippen LogP contribution < -0.4 is 0 Å². The number of hydrogen-bond acceptors (Lipinski definition) is 1. The van der Waals surface area contributed by atoms with Crippen molar-refractivity contribution < 1.29 is 8.78 Å². The fourth-order valence-electron chi connectivity index (χ4n) is 2.34. The number of nitrogens with zero attached hydrogens (tertiary/aromatic N) is 1. The van der Waals surface area contributed by atoms with E-state index in [1.165, 1.54) is 0 Å². The van der Waals surface area contributed by atoms with Crippen LogP contribution in [0.25, 0.3) is 10.9 Å². The van der Waals surface area contributed by atoms with Gasteiger partial charge in [-0.3, -0.25) is 0 Å². The zero-order chi connectivity index (χ0) is 15.0. The molecule has 0 aliphatic rings. The molecule has 106 valence electrons. The molecule has 21 heavy (non-hydrogen) atoms. The summed E-state index contributed by atoms with van der Waals surface area (Å²) in [5.41, 5.74) is 2.93. The van der Waals surface area contributed by atoms with Crippen molar-refractivity contribution in [2.24, 2.45) is 0 Å². The first-order valence-corrected chi connectivity index (χ1v) is 7.33. The summed E-state index contributed by atoms with van der Waals surface area (Å²) in [6, 6.07) is 12.5. The summed E-state index contributed by atoms with van der Waals surface area (Å²) in [7, 11) is 0. The van der Waals surface area contributed by atoms with Crippen LogP contribution in [0.1, 0.15) is 16.8 Å². The molecule has 0 radical (unpaired) electrons. The van der Waals surface area contributed by atoms with Gasteiger partial charge in [-0.25, -0.2) is 13.8 Å². The molecule has 2 aromatic carbocycles. The van der Waals surface area contributed by atoms with Crippen molar-refractivity contribution in [3.05, 3.63) is 75.4 Å². The SMILES string of the molecule is Cc1nc2c(F)c(F)ccc2cc1Cc1ccccc1Br. The summed E-state index contributed by atoms with van der Waals surface area (Å²) in [5, 5.41) is 0.613. The van der Waals surface area contributed by atoms with Crippen molar-refractivity contribution in [3.8, 4) is 0 Å². The van der Waals surface area contributed by atoms with Crippen LogP contribution in [-0.4, -0.2) is 4.98 Å². The van der Waals surface area contributed by atoms with Gasteiger partial charge in [-0.15, -0.1) is 0 Å². The van der Waals surface area contributed by atoms with E-state index in [1.54, 1.807) is 6.07 Å². The van der Waals surface area contributed by atoms with Crippen molar-refractivity contribution in [1.82, 2.24) is 4.98 Å². The third kappa shape index (κ3) is 2.68. The highest BCUT2D eigenvalue weighted by Crippen LogP contribution is 2.25. The maximum absolute atomic E-state index is 13.8. The number of benzene rings is 2. The van der Waals surface area contributed by atoms with Crippen molar-refractivity contribution in [2.45, 2.75) is 13.3 Å². The predicted molar refractivity (Wildman–Crippen MR) is 83.3 cm³/mol. The maximum atomic E-state index is 13.8. The van der Waals surface area contributed by atoms with Crippen molar-refractivity contribution in [3.63, 3.8) is 0 Å². The van der Waals surface area contributed by atoms with Crippen LogP contribution in [0.5, 0.6) is 0 Å². The largest absolute Gasteiger partial charge is 0.250 e. The van der Waals surface area contributed by atoms with Gasteiger partial charge in [0.05, 0.1) is 0 Å². The zero-order valence-corrected chi connectivity index (χ0v) is 12.9. The summed E-state index contributed by atoms with van der Waals surface area (Å²) in [4.78, 5) is 4.23. The second kappa shape index (κ2) is 5.53. The molecule has 1 nitrogen and oxygen atoms in total. The molecule has 0 N–H and O–H groups in total. The van der Waals surface area contributed by atoms with E-state index >= 15 is 0 Å². The number of rotatable bonds is 2. The van der Waals surface area contributed by atoms with Gasteiger partial charge in [0.2, 0.25) is 0 Å². The molecule has 0 atom stereocenters. The fraction of sp³-hybridized carbons (Fsp3) is 0.118. The monoisotopic (exact) mass is 347 g/mol. The lowest BCUT2D eigenvalue weighted by atomic mass is 10.0. The summed E-state index contributed by atoms with van der Waals surface area (Å²) in [6.45, 7) is 1.82. The Labute approximate surface area is 129 Å². The van der Waals surface area contributed by atoms with E-state index in [-0.39, 0.29) is 5.52 Å². The number of pyridine rings is 1. The van der Waals surface area contributed by atoms with Gasteiger partial charge in [0, 0.05) is 22.0 Å². The van der Waals surface area contributed by atoms with Gasteiger partial charge in [-0.2, -0.15) is 0 Å². The van der Waals surface area contributed by atoms with E-state index in [4.69, 9.17) is 0 Å². The topological polar surface area (TPSA) is 12.9 Å². The second-order valence-electron chi connectivity index (χ2n) is 4.93. The van der Waals surface area contributed by atoms with Gasteiger partial charge in [0.1, 0.15) is 5.52 Å². The second-order valence-corrected chi connectivity index (χ2v) is 5.79. The third-order valence-corrected chi connectivity index (χ3v) is 4.29. The lowest BCUT2D eigenvalue weighted by Crippen LogP contribution is -1.98. The summed E-state index contributed by atoms with van der Waals surface area (Å²) in [5.74, 6) is -1.75. The summed E-state index contributed by atoms with van der Waals surface area (Å²) < 4.78 is 28.0. The molecule has 0 saturated heterocycles. The first-order chi connectivity index (χ1) is 10.1. The van der Waals surface area contributed by atoms with Crippen molar-refractivity contribution >= 4 is 26.8 Å². The van der Waals surface area contributed by atoms with Crippen LogP contribution in [0.3, 0.4) is 0 Å². The standard InChI is InChI=1S/C17H12BrF2N/c1-10-13(8-11-4-2-3-5-14(11)18)9-12-6-7-15(19)16(20)17(12)21-10/h2-7,9H,8H2,1H3. The van der Waals surface area contributed by atoms with Crippen LogP contribution in [0.4, 0.5) is 8.78 Å². The van der Waals surface area contributed by atoms with E-state index in [2.05, 4.69) is 20.9 Å². The Balaban J connectivity index is 2.10. The smallest absolute Gasteiger partial charge is 0.184 e. The molecule has 3 aromatic rings. The van der Waals surface area contributed by atoms with Crippen LogP contribution in [0, 0.1) is 18.6 Å². The molecule has 0 saturated carbocycles. The van der Waals surface area contributed by atoms with Gasteiger partial charge in [0.15, 0.2) is 11.6 Å². The maximum Gasteiger partial charge on any atom is 0.184 e. The van der Waals surface area contributed by atoms with E-state index in [9.17, 15) is 8.78 Å². The number of aromatic nitrogens is 1. The number of fused-ring (bicyclic) bond motifs is 1. The van der Waals surface area contributed by atoms with Gasteiger partial charge in [0.25, 0.3) is 0 Å². The third-order valence-electron chi connectivity index (χ3n) is 3.51. The van der Waals surface area contributed by atoms with E-state index in [0.717, 1.165) is 21.7 Å². The Morgan fingerprint density at radius 2 is 1.81 bits per heavy atom. The molecular weight excluding hydrogens is 336 g/mol. The number of hydrogen-bond donors (Lipinski definition) is 0. The number of halogens is 3. The molecule has 3 rings (SSSR count). The quantitative estimate of drug-likeness (QED) is 0.622.